The van der Waals surface area contributed by atoms with E-state index in [-0.39, 0.29) is 11.2 Å². The van der Waals surface area contributed by atoms with Crippen LogP contribution in [-0.2, 0) is 0 Å². The van der Waals surface area contributed by atoms with E-state index in [4.69, 9.17) is 23.2 Å². The average Bonchev–Trinajstić information content (AvgIpc) is 2.33. The Balaban J connectivity index is 2.46. The average molecular weight is 362 g/mol. The van der Waals surface area contributed by atoms with E-state index in [0.717, 1.165) is 15.6 Å². The fourth-order valence-corrected chi connectivity index (χ4v) is 3.18. The molecular weight excluding hydrogens is 350 g/mol. The maximum atomic E-state index is 13.6. The fraction of sp³-hybridized carbons (Fsp3) is 0.200. The molecule has 0 amide bonds. The molecule has 0 aliphatic carbocycles. The summed E-state index contributed by atoms with van der Waals surface area (Å²) >= 11 is 15.9. The lowest BCUT2D eigenvalue weighted by Gasteiger charge is -2.14. The van der Waals surface area contributed by atoms with Gasteiger partial charge >= 0.3 is 0 Å². The standard InChI is InChI=1S/C15H12BrCl2F/c1-8-3-10(4-9(2)15(8)19)14(18)11-5-12(16)7-13(17)6-11/h3-7,14H,1-2H3. The van der Waals surface area contributed by atoms with E-state index < -0.39 is 0 Å². The molecule has 0 radical (unpaired) electrons. The van der Waals surface area contributed by atoms with Crippen molar-refractivity contribution in [3.8, 4) is 0 Å². The van der Waals surface area contributed by atoms with Crippen molar-refractivity contribution in [3.63, 3.8) is 0 Å². The van der Waals surface area contributed by atoms with Crippen molar-refractivity contribution >= 4 is 39.1 Å². The second-order valence-electron chi connectivity index (χ2n) is 4.53. The molecule has 2 rings (SSSR count). The molecule has 0 aliphatic rings. The van der Waals surface area contributed by atoms with E-state index in [1.165, 1.54) is 0 Å². The highest BCUT2D eigenvalue weighted by Gasteiger charge is 2.15. The van der Waals surface area contributed by atoms with E-state index in [1.54, 1.807) is 32.0 Å². The third kappa shape index (κ3) is 3.31. The van der Waals surface area contributed by atoms with Crippen molar-refractivity contribution in [1.29, 1.82) is 0 Å². The number of aryl methyl sites for hydroxylation is 2. The van der Waals surface area contributed by atoms with Gasteiger partial charge in [0, 0.05) is 9.50 Å². The second-order valence-corrected chi connectivity index (χ2v) is 6.32. The smallest absolute Gasteiger partial charge is 0.129 e. The minimum Gasteiger partial charge on any atom is -0.206 e. The first-order valence-corrected chi connectivity index (χ1v) is 7.36. The lowest BCUT2D eigenvalue weighted by Crippen LogP contribution is -1.98. The molecule has 0 N–H and O–H groups in total. The Bertz CT molecular complexity index is 582. The first kappa shape index (κ1) is 14.8. The molecule has 0 aromatic heterocycles. The van der Waals surface area contributed by atoms with E-state index in [1.807, 2.05) is 12.1 Å². The Morgan fingerprint density at radius 1 is 1.00 bits per heavy atom. The molecule has 0 fully saturated rings. The van der Waals surface area contributed by atoms with Gasteiger partial charge in [-0.05, 0) is 54.3 Å². The molecule has 0 saturated heterocycles. The normalized spacial score (nSPS) is 12.5. The van der Waals surface area contributed by atoms with Crippen LogP contribution >= 0.6 is 39.1 Å². The van der Waals surface area contributed by atoms with Crippen LogP contribution in [0, 0.1) is 19.7 Å². The van der Waals surface area contributed by atoms with Crippen LogP contribution in [-0.4, -0.2) is 0 Å². The van der Waals surface area contributed by atoms with Gasteiger partial charge in [-0.1, -0.05) is 39.7 Å². The Morgan fingerprint density at radius 3 is 2.05 bits per heavy atom. The summed E-state index contributed by atoms with van der Waals surface area (Å²) in [6.45, 7) is 3.48. The van der Waals surface area contributed by atoms with Crippen molar-refractivity contribution in [2.24, 2.45) is 0 Å². The van der Waals surface area contributed by atoms with E-state index in [9.17, 15) is 4.39 Å². The van der Waals surface area contributed by atoms with E-state index in [2.05, 4.69) is 15.9 Å². The summed E-state index contributed by atoms with van der Waals surface area (Å²) in [7, 11) is 0. The zero-order valence-electron chi connectivity index (χ0n) is 10.5. The van der Waals surface area contributed by atoms with Crippen molar-refractivity contribution < 1.29 is 4.39 Å². The van der Waals surface area contributed by atoms with Crippen LogP contribution in [0.4, 0.5) is 4.39 Å². The fourth-order valence-electron chi connectivity index (χ4n) is 2.04. The van der Waals surface area contributed by atoms with Crippen LogP contribution in [0.2, 0.25) is 5.02 Å². The van der Waals surface area contributed by atoms with Gasteiger partial charge in [0.2, 0.25) is 0 Å². The first-order valence-electron chi connectivity index (χ1n) is 5.75. The molecule has 2 aromatic carbocycles. The summed E-state index contributed by atoms with van der Waals surface area (Å²) in [5.41, 5.74) is 2.95. The second kappa shape index (κ2) is 5.82. The van der Waals surface area contributed by atoms with Crippen molar-refractivity contribution in [2.75, 3.05) is 0 Å². The molecule has 0 spiro atoms. The minimum atomic E-state index is -0.354. The molecule has 0 saturated carbocycles. The molecule has 2 aromatic rings. The van der Waals surface area contributed by atoms with Gasteiger partial charge in [-0.25, -0.2) is 4.39 Å². The van der Waals surface area contributed by atoms with Crippen LogP contribution in [0.1, 0.15) is 27.6 Å². The molecule has 4 heteroatoms. The summed E-state index contributed by atoms with van der Waals surface area (Å²) in [5.74, 6) is -0.181. The quantitative estimate of drug-likeness (QED) is 0.559. The first-order chi connectivity index (χ1) is 8.88. The van der Waals surface area contributed by atoms with Gasteiger partial charge in [0.05, 0.1) is 5.38 Å². The Hall–Kier alpha value is -0.570. The maximum absolute atomic E-state index is 13.6. The molecule has 1 atom stereocenters. The highest BCUT2D eigenvalue weighted by molar-refractivity contribution is 9.10. The van der Waals surface area contributed by atoms with E-state index >= 15 is 0 Å². The Kier molecular flexibility index (Phi) is 4.54. The Morgan fingerprint density at radius 2 is 1.53 bits per heavy atom. The molecule has 0 heterocycles. The van der Waals surface area contributed by atoms with Gasteiger partial charge in [-0.3, -0.25) is 0 Å². The van der Waals surface area contributed by atoms with Crippen LogP contribution in [0.5, 0.6) is 0 Å². The summed E-state index contributed by atoms with van der Waals surface area (Å²) in [6.07, 6.45) is 0. The lowest BCUT2D eigenvalue weighted by atomic mass is 10.00. The molecule has 0 nitrogen and oxygen atoms in total. The molecule has 100 valence electrons. The highest BCUT2D eigenvalue weighted by atomic mass is 79.9. The van der Waals surface area contributed by atoms with Gasteiger partial charge in [0.1, 0.15) is 5.82 Å². The van der Waals surface area contributed by atoms with Crippen LogP contribution in [0.25, 0.3) is 0 Å². The van der Waals surface area contributed by atoms with Gasteiger partial charge in [0.15, 0.2) is 0 Å². The third-order valence-corrected chi connectivity index (χ3v) is 4.11. The van der Waals surface area contributed by atoms with Gasteiger partial charge in [-0.2, -0.15) is 0 Å². The summed E-state index contributed by atoms with van der Waals surface area (Å²) in [4.78, 5) is 0. The Labute approximate surface area is 130 Å². The molecular formula is C15H12BrCl2F. The molecule has 0 aliphatic heterocycles. The van der Waals surface area contributed by atoms with Gasteiger partial charge in [-0.15, -0.1) is 11.6 Å². The number of halogens is 4. The predicted molar refractivity (Wildman–Crippen MR) is 82.7 cm³/mol. The van der Waals surface area contributed by atoms with Crippen molar-refractivity contribution in [2.45, 2.75) is 19.2 Å². The minimum absolute atomic E-state index is 0.181. The van der Waals surface area contributed by atoms with Crippen LogP contribution in [0.15, 0.2) is 34.8 Å². The monoisotopic (exact) mass is 360 g/mol. The molecule has 0 bridgehead atoms. The SMILES string of the molecule is Cc1cc(C(Cl)c2cc(Cl)cc(Br)c2)cc(C)c1F. The summed E-state index contributed by atoms with van der Waals surface area (Å²) < 4.78 is 14.5. The maximum Gasteiger partial charge on any atom is 0.129 e. The summed E-state index contributed by atoms with van der Waals surface area (Å²) in [6, 6.07) is 9.08. The molecule has 19 heavy (non-hydrogen) atoms. The zero-order chi connectivity index (χ0) is 14.2. The van der Waals surface area contributed by atoms with Crippen molar-refractivity contribution in [3.05, 3.63) is 67.9 Å². The largest absolute Gasteiger partial charge is 0.206 e. The van der Waals surface area contributed by atoms with Gasteiger partial charge < -0.3 is 0 Å². The topological polar surface area (TPSA) is 0 Å². The number of rotatable bonds is 2. The van der Waals surface area contributed by atoms with E-state index in [0.29, 0.717) is 16.1 Å². The van der Waals surface area contributed by atoms with Crippen molar-refractivity contribution in [1.82, 2.24) is 0 Å². The highest BCUT2D eigenvalue weighted by Crippen LogP contribution is 2.34. The summed E-state index contributed by atoms with van der Waals surface area (Å²) in [5, 5.41) is 0.263. The predicted octanol–water partition coefficient (Wildman–Crippen LogP) is 6.19. The number of hydrogen-bond donors (Lipinski definition) is 0. The third-order valence-electron chi connectivity index (χ3n) is 2.93. The lowest BCUT2D eigenvalue weighted by molar-refractivity contribution is 0.608. The number of benzene rings is 2. The zero-order valence-corrected chi connectivity index (χ0v) is 13.6. The molecule has 1 unspecified atom stereocenters. The number of alkyl halides is 1. The number of hydrogen-bond acceptors (Lipinski definition) is 0. The van der Waals surface area contributed by atoms with Gasteiger partial charge in [0.25, 0.3) is 0 Å². The van der Waals surface area contributed by atoms with Crippen LogP contribution < -0.4 is 0 Å². The van der Waals surface area contributed by atoms with Crippen LogP contribution in [0.3, 0.4) is 0 Å².